The number of nitrogens with zero attached hydrogens (tertiary/aromatic N) is 1. The fraction of sp³-hybridized carbons (Fsp3) is 0.316. The third kappa shape index (κ3) is 3.90. The van der Waals surface area contributed by atoms with Crippen LogP contribution in [0.15, 0.2) is 54.6 Å². The molecule has 23 heavy (non-hydrogen) atoms. The Labute approximate surface area is 136 Å². The Hall–Kier alpha value is -2.33. The van der Waals surface area contributed by atoms with Crippen LogP contribution >= 0.6 is 0 Å². The van der Waals surface area contributed by atoms with E-state index >= 15 is 0 Å². The summed E-state index contributed by atoms with van der Waals surface area (Å²) in [6, 6.07) is 18.2. The highest BCUT2D eigenvalue weighted by Gasteiger charge is 2.23. The number of benzene rings is 2. The Bertz CT molecular complexity index is 657. The molecule has 0 unspecified atom stereocenters. The fourth-order valence-electron chi connectivity index (χ4n) is 2.87. The number of hydrogen-bond acceptors (Lipinski definition) is 3. The second kappa shape index (κ2) is 7.29. The van der Waals surface area contributed by atoms with Crippen molar-refractivity contribution in [1.82, 2.24) is 4.90 Å². The SMILES string of the molecule is N[C@@H]1CCN(C(=O)CCOc2ccccc2-c2ccccc2)C1. The lowest BCUT2D eigenvalue weighted by Gasteiger charge is -2.16. The van der Waals surface area contributed by atoms with Gasteiger partial charge in [0.1, 0.15) is 5.75 Å². The van der Waals surface area contributed by atoms with Crippen LogP contribution in [0.5, 0.6) is 5.75 Å². The zero-order valence-corrected chi connectivity index (χ0v) is 13.2. The maximum absolute atomic E-state index is 12.1. The molecule has 1 aliphatic rings. The van der Waals surface area contributed by atoms with Gasteiger partial charge in [-0.05, 0) is 18.1 Å². The lowest BCUT2D eigenvalue weighted by Crippen LogP contribution is -2.32. The van der Waals surface area contributed by atoms with Crippen molar-refractivity contribution < 1.29 is 9.53 Å². The molecule has 1 atom stereocenters. The van der Waals surface area contributed by atoms with Crippen molar-refractivity contribution in [2.45, 2.75) is 18.9 Å². The Morgan fingerprint density at radius 1 is 1.13 bits per heavy atom. The highest BCUT2D eigenvalue weighted by molar-refractivity contribution is 5.76. The summed E-state index contributed by atoms with van der Waals surface area (Å²) in [7, 11) is 0. The van der Waals surface area contributed by atoms with Gasteiger partial charge in [0, 0.05) is 24.7 Å². The largest absolute Gasteiger partial charge is 0.492 e. The topological polar surface area (TPSA) is 55.6 Å². The van der Waals surface area contributed by atoms with Crippen LogP contribution in [0.1, 0.15) is 12.8 Å². The summed E-state index contributed by atoms with van der Waals surface area (Å²) in [6.45, 7) is 1.81. The molecule has 1 heterocycles. The first kappa shape index (κ1) is 15.6. The fourth-order valence-corrected chi connectivity index (χ4v) is 2.87. The van der Waals surface area contributed by atoms with E-state index in [2.05, 4.69) is 12.1 Å². The molecule has 4 nitrogen and oxygen atoms in total. The minimum atomic E-state index is 0.121. The van der Waals surface area contributed by atoms with E-state index in [4.69, 9.17) is 10.5 Å². The van der Waals surface area contributed by atoms with Crippen LogP contribution in [0.4, 0.5) is 0 Å². The summed E-state index contributed by atoms with van der Waals surface area (Å²) in [4.78, 5) is 14.0. The highest BCUT2D eigenvalue weighted by Crippen LogP contribution is 2.29. The van der Waals surface area contributed by atoms with Crippen molar-refractivity contribution >= 4 is 5.91 Å². The third-order valence-corrected chi connectivity index (χ3v) is 4.12. The molecule has 1 aliphatic heterocycles. The van der Waals surface area contributed by atoms with E-state index in [1.54, 1.807) is 0 Å². The highest BCUT2D eigenvalue weighted by atomic mass is 16.5. The van der Waals surface area contributed by atoms with Crippen molar-refractivity contribution in [1.29, 1.82) is 0 Å². The molecule has 1 saturated heterocycles. The van der Waals surface area contributed by atoms with E-state index in [9.17, 15) is 4.79 Å². The maximum atomic E-state index is 12.1. The molecule has 120 valence electrons. The molecule has 2 aromatic rings. The molecular weight excluding hydrogens is 288 g/mol. The quantitative estimate of drug-likeness (QED) is 0.924. The number of nitrogens with two attached hydrogens (primary N) is 1. The van der Waals surface area contributed by atoms with Gasteiger partial charge in [-0.1, -0.05) is 48.5 Å². The molecule has 0 saturated carbocycles. The van der Waals surface area contributed by atoms with Crippen LogP contribution in [0, 0.1) is 0 Å². The van der Waals surface area contributed by atoms with Gasteiger partial charge in [0.15, 0.2) is 0 Å². The van der Waals surface area contributed by atoms with Crippen molar-refractivity contribution in [3.63, 3.8) is 0 Å². The van der Waals surface area contributed by atoms with Gasteiger partial charge in [-0.2, -0.15) is 0 Å². The van der Waals surface area contributed by atoms with Crippen molar-refractivity contribution in [2.75, 3.05) is 19.7 Å². The molecule has 3 rings (SSSR count). The number of carbonyl (C=O) groups is 1. The zero-order chi connectivity index (χ0) is 16.1. The molecule has 1 fully saturated rings. The first-order valence-corrected chi connectivity index (χ1v) is 8.04. The molecule has 0 spiro atoms. The monoisotopic (exact) mass is 310 g/mol. The van der Waals surface area contributed by atoms with E-state index in [1.807, 2.05) is 47.4 Å². The van der Waals surface area contributed by atoms with Gasteiger partial charge < -0.3 is 15.4 Å². The second-order valence-electron chi connectivity index (χ2n) is 5.85. The van der Waals surface area contributed by atoms with Crippen LogP contribution in [-0.4, -0.2) is 36.5 Å². The molecule has 4 heteroatoms. The summed E-state index contributed by atoms with van der Waals surface area (Å²) >= 11 is 0. The number of likely N-dealkylation sites (tertiary alicyclic amines) is 1. The molecule has 0 radical (unpaired) electrons. The minimum absolute atomic E-state index is 0.121. The van der Waals surface area contributed by atoms with Crippen LogP contribution in [0.3, 0.4) is 0 Å². The zero-order valence-electron chi connectivity index (χ0n) is 13.2. The number of rotatable bonds is 5. The predicted octanol–water partition coefficient (Wildman–Crippen LogP) is 2.68. The lowest BCUT2D eigenvalue weighted by molar-refractivity contribution is -0.130. The maximum Gasteiger partial charge on any atom is 0.226 e. The Balaban J connectivity index is 1.60. The van der Waals surface area contributed by atoms with Crippen molar-refractivity contribution in [3.8, 4) is 16.9 Å². The van der Waals surface area contributed by atoms with Crippen molar-refractivity contribution in [3.05, 3.63) is 54.6 Å². The van der Waals surface area contributed by atoms with E-state index in [0.717, 1.165) is 29.8 Å². The van der Waals surface area contributed by atoms with Crippen molar-refractivity contribution in [2.24, 2.45) is 5.73 Å². The molecule has 0 bridgehead atoms. The van der Waals surface area contributed by atoms with Gasteiger partial charge in [-0.25, -0.2) is 0 Å². The number of amides is 1. The molecule has 1 amide bonds. The van der Waals surface area contributed by atoms with E-state index in [-0.39, 0.29) is 11.9 Å². The van der Waals surface area contributed by atoms with Crippen LogP contribution in [-0.2, 0) is 4.79 Å². The van der Waals surface area contributed by atoms with Crippen LogP contribution < -0.4 is 10.5 Å². The molecule has 0 aliphatic carbocycles. The number of para-hydroxylation sites is 1. The predicted molar refractivity (Wildman–Crippen MR) is 91.2 cm³/mol. The Kier molecular flexibility index (Phi) is 4.93. The van der Waals surface area contributed by atoms with Crippen LogP contribution in [0.2, 0.25) is 0 Å². The second-order valence-corrected chi connectivity index (χ2v) is 5.85. The number of hydrogen-bond donors (Lipinski definition) is 1. The first-order chi connectivity index (χ1) is 11.2. The average molecular weight is 310 g/mol. The average Bonchev–Trinajstić information content (AvgIpc) is 3.03. The van der Waals surface area contributed by atoms with Gasteiger partial charge in [0.2, 0.25) is 5.91 Å². The summed E-state index contributed by atoms with van der Waals surface area (Å²) in [6.07, 6.45) is 1.28. The Morgan fingerprint density at radius 2 is 1.87 bits per heavy atom. The van der Waals surface area contributed by atoms with Gasteiger partial charge >= 0.3 is 0 Å². The summed E-state index contributed by atoms with van der Waals surface area (Å²) in [5.74, 6) is 0.930. The standard InChI is InChI=1S/C19H22N2O2/c20-16-10-12-21(14-16)19(22)11-13-23-18-9-5-4-8-17(18)15-6-2-1-3-7-15/h1-9,16H,10-14,20H2/t16-/m1/s1. The molecule has 0 aromatic heterocycles. The molecule has 2 aromatic carbocycles. The number of carbonyl (C=O) groups excluding carboxylic acids is 1. The van der Waals surface area contributed by atoms with E-state index < -0.39 is 0 Å². The van der Waals surface area contributed by atoms with E-state index in [0.29, 0.717) is 19.6 Å². The van der Waals surface area contributed by atoms with E-state index in [1.165, 1.54) is 0 Å². The molecular formula is C19H22N2O2. The smallest absolute Gasteiger partial charge is 0.226 e. The normalized spacial score (nSPS) is 17.3. The van der Waals surface area contributed by atoms with Gasteiger partial charge in [0.25, 0.3) is 0 Å². The summed E-state index contributed by atoms with van der Waals surface area (Å²) in [5.41, 5.74) is 8.00. The Morgan fingerprint density at radius 3 is 2.61 bits per heavy atom. The summed E-state index contributed by atoms with van der Waals surface area (Å²) < 4.78 is 5.87. The van der Waals surface area contributed by atoms with Gasteiger partial charge in [-0.3, -0.25) is 4.79 Å². The van der Waals surface area contributed by atoms with Crippen LogP contribution in [0.25, 0.3) is 11.1 Å². The minimum Gasteiger partial charge on any atom is -0.492 e. The summed E-state index contributed by atoms with van der Waals surface area (Å²) in [5, 5.41) is 0. The molecule has 2 N–H and O–H groups in total. The van der Waals surface area contributed by atoms with Gasteiger partial charge in [0.05, 0.1) is 13.0 Å². The van der Waals surface area contributed by atoms with Gasteiger partial charge in [-0.15, -0.1) is 0 Å². The third-order valence-electron chi connectivity index (χ3n) is 4.12. The lowest BCUT2D eigenvalue weighted by atomic mass is 10.1. The number of ether oxygens (including phenoxy) is 1. The first-order valence-electron chi connectivity index (χ1n) is 8.04.